The number of hydrogen-bond acceptors (Lipinski definition) is 9. The van der Waals surface area contributed by atoms with E-state index in [9.17, 15) is 18.0 Å². The molecule has 2 N–H and O–H groups in total. The molecule has 0 spiro atoms. The molecule has 2 unspecified atom stereocenters. The third-order valence-corrected chi connectivity index (χ3v) is 10.6. The molecule has 2 fully saturated rings. The zero-order valence-corrected chi connectivity index (χ0v) is 29.1. The maximum absolute atomic E-state index is 14.5. The topological polar surface area (TPSA) is 109 Å². The van der Waals surface area contributed by atoms with Gasteiger partial charge in [-0.2, -0.15) is 9.97 Å². The quantitative estimate of drug-likeness (QED) is 0.346. The van der Waals surface area contributed by atoms with Gasteiger partial charge in [0.05, 0.1) is 40.7 Å². The molecule has 0 aliphatic carbocycles. The van der Waals surface area contributed by atoms with Crippen LogP contribution < -0.4 is 15.4 Å². The van der Waals surface area contributed by atoms with Crippen molar-refractivity contribution in [1.82, 2.24) is 19.8 Å². The summed E-state index contributed by atoms with van der Waals surface area (Å²) in [6.07, 6.45) is 1.38. The minimum Gasteiger partial charge on any atom is -0.461 e. The van der Waals surface area contributed by atoms with Gasteiger partial charge in [-0.25, -0.2) is 13.2 Å². The van der Waals surface area contributed by atoms with Crippen LogP contribution >= 0.6 is 11.6 Å². The van der Waals surface area contributed by atoms with Crippen LogP contribution in [0.15, 0.2) is 40.0 Å². The molecule has 4 aliphatic heterocycles. The molecule has 1 amide bonds. The van der Waals surface area contributed by atoms with Gasteiger partial charge < -0.3 is 25.0 Å². The molecule has 2 saturated heterocycles. The van der Waals surface area contributed by atoms with Crippen molar-refractivity contribution in [3.05, 3.63) is 57.4 Å². The molecular formula is C35H45ClF3N7O3. The Kier molecular flexibility index (Phi) is 10.4. The summed E-state index contributed by atoms with van der Waals surface area (Å²) < 4.78 is 53.6. The largest absolute Gasteiger partial charge is 0.461 e. The van der Waals surface area contributed by atoms with Crippen LogP contribution in [0.1, 0.15) is 67.8 Å². The van der Waals surface area contributed by atoms with Crippen LogP contribution in [0.4, 0.5) is 19.0 Å². The molecule has 1 aromatic carbocycles. The van der Waals surface area contributed by atoms with E-state index < -0.39 is 24.1 Å². The molecule has 1 aromatic heterocycles. The zero-order valence-electron chi connectivity index (χ0n) is 28.4. The number of nitrogens with zero attached hydrogens (tertiary/aromatic N) is 6. The van der Waals surface area contributed by atoms with Crippen molar-refractivity contribution in [2.75, 3.05) is 58.3 Å². The van der Waals surface area contributed by atoms with Crippen molar-refractivity contribution in [3.63, 3.8) is 0 Å². The first-order chi connectivity index (χ1) is 23.4. The average molecular weight is 704 g/mol. The number of nitrogens with two attached hydrogens (primary N) is 1. The molecule has 266 valence electrons. The Balaban J connectivity index is 1.28. The Morgan fingerprint density at radius 3 is 2.71 bits per heavy atom. The van der Waals surface area contributed by atoms with Crippen LogP contribution in [0.3, 0.4) is 0 Å². The van der Waals surface area contributed by atoms with Gasteiger partial charge in [0.15, 0.2) is 0 Å². The number of ether oxygens (including phenoxy) is 2. The SMILES string of the molecule is CN(C)C(=O)/C(N)=C(\Cl)C1=NCCCN(c2nc(OC[C@@]34CCCN3CC(F)C4)nc3c2COC(C)(CCc2ccc(C(F)F)cc2)C3)C1. The summed E-state index contributed by atoms with van der Waals surface area (Å²) in [6.45, 7) is 5.21. The van der Waals surface area contributed by atoms with Crippen LogP contribution in [0.2, 0.25) is 0 Å². The molecule has 10 nitrogen and oxygen atoms in total. The van der Waals surface area contributed by atoms with Gasteiger partial charge in [0.1, 0.15) is 24.3 Å². The van der Waals surface area contributed by atoms with Crippen molar-refractivity contribution in [2.24, 2.45) is 10.7 Å². The molecular weight excluding hydrogens is 659 g/mol. The van der Waals surface area contributed by atoms with E-state index in [2.05, 4.69) is 14.8 Å². The van der Waals surface area contributed by atoms with E-state index in [0.717, 1.165) is 36.2 Å². The van der Waals surface area contributed by atoms with Crippen molar-refractivity contribution in [3.8, 4) is 6.01 Å². The number of carbonyl (C=O) groups excluding carboxylic acids is 1. The molecule has 6 rings (SSSR count). The highest BCUT2D eigenvalue weighted by molar-refractivity contribution is 6.45. The third kappa shape index (κ3) is 7.68. The van der Waals surface area contributed by atoms with Crippen molar-refractivity contribution in [1.29, 1.82) is 0 Å². The molecule has 2 aromatic rings. The van der Waals surface area contributed by atoms with Crippen LogP contribution in [0, 0.1) is 0 Å². The number of aliphatic imine (C=N–C) groups is 1. The van der Waals surface area contributed by atoms with Crippen LogP contribution in [0.25, 0.3) is 0 Å². The summed E-state index contributed by atoms with van der Waals surface area (Å²) in [7, 11) is 3.21. The van der Waals surface area contributed by atoms with Gasteiger partial charge in [-0.05, 0) is 51.1 Å². The second-order valence-electron chi connectivity index (χ2n) is 14.1. The van der Waals surface area contributed by atoms with E-state index in [1.165, 1.54) is 17.0 Å². The maximum Gasteiger partial charge on any atom is 0.318 e. The first kappa shape index (κ1) is 35.4. The van der Waals surface area contributed by atoms with Gasteiger partial charge in [-0.1, -0.05) is 35.9 Å². The number of likely N-dealkylation sites (N-methyl/N-ethyl adjacent to an activating group) is 1. The molecule has 49 heavy (non-hydrogen) atoms. The van der Waals surface area contributed by atoms with E-state index in [-0.39, 0.29) is 41.0 Å². The standard InChI is InChI=1S/C35H45ClF3N7O3/c1-34(12-10-22-6-8-23(9-7-22)30(38)39)17-26-25(20-49-34)31(43-33(42-26)48-21-35-11-4-15-46(35)18-24(37)16-35)45-14-5-13-41-27(19-45)28(36)29(40)32(47)44(2)3/h6-9,24,30H,4-5,10-21,40H2,1-3H3/b29-28+/t24?,34?,35-/m0/s1. The highest BCUT2D eigenvalue weighted by Gasteiger charge is 2.49. The van der Waals surface area contributed by atoms with Crippen LogP contribution in [-0.4, -0.2) is 102 Å². The van der Waals surface area contributed by atoms with E-state index in [1.807, 2.05) is 6.92 Å². The van der Waals surface area contributed by atoms with Crippen LogP contribution in [0.5, 0.6) is 6.01 Å². The van der Waals surface area contributed by atoms with Gasteiger partial charge in [0.2, 0.25) is 0 Å². The van der Waals surface area contributed by atoms with E-state index in [0.29, 0.717) is 69.9 Å². The fourth-order valence-corrected chi connectivity index (χ4v) is 7.61. The van der Waals surface area contributed by atoms with E-state index >= 15 is 0 Å². The number of aromatic nitrogens is 2. The second-order valence-corrected chi connectivity index (χ2v) is 14.5. The summed E-state index contributed by atoms with van der Waals surface area (Å²) in [4.78, 5) is 32.7. The summed E-state index contributed by atoms with van der Waals surface area (Å²) in [5, 5.41) is 0.109. The predicted molar refractivity (Wildman–Crippen MR) is 182 cm³/mol. The van der Waals surface area contributed by atoms with Crippen molar-refractivity contribution >= 4 is 29.0 Å². The lowest BCUT2D eigenvalue weighted by Crippen LogP contribution is -2.44. The van der Waals surface area contributed by atoms with Gasteiger partial charge in [0, 0.05) is 57.7 Å². The van der Waals surface area contributed by atoms with E-state index in [1.54, 1.807) is 26.2 Å². The van der Waals surface area contributed by atoms with Gasteiger partial charge in [0.25, 0.3) is 12.3 Å². The van der Waals surface area contributed by atoms with E-state index in [4.69, 9.17) is 36.8 Å². The summed E-state index contributed by atoms with van der Waals surface area (Å²) in [5.74, 6) is 0.232. The number of benzene rings is 1. The number of hydrogen-bond donors (Lipinski definition) is 1. The number of fused-ring (bicyclic) bond motifs is 2. The Hall–Kier alpha value is -3.42. The predicted octanol–water partition coefficient (Wildman–Crippen LogP) is 4.98. The number of carbonyl (C=O) groups is 1. The molecule has 5 heterocycles. The van der Waals surface area contributed by atoms with Crippen molar-refractivity contribution < 1.29 is 27.4 Å². The number of anilines is 1. The summed E-state index contributed by atoms with van der Waals surface area (Å²) in [6, 6.07) is 6.62. The Bertz CT molecular complexity index is 1610. The number of alkyl halides is 3. The Morgan fingerprint density at radius 1 is 1.20 bits per heavy atom. The average Bonchev–Trinajstić information content (AvgIpc) is 3.49. The first-order valence-corrected chi connectivity index (χ1v) is 17.3. The Labute approximate surface area is 290 Å². The van der Waals surface area contributed by atoms with Gasteiger partial charge in [-0.15, -0.1) is 0 Å². The fraction of sp³-hybridized carbons (Fsp3) is 0.600. The number of aryl methyl sites for hydroxylation is 1. The zero-order chi connectivity index (χ0) is 34.9. The van der Waals surface area contributed by atoms with Gasteiger partial charge >= 0.3 is 6.01 Å². The number of rotatable bonds is 10. The highest BCUT2D eigenvalue weighted by Crippen LogP contribution is 2.41. The minimum absolute atomic E-state index is 0.0000484. The smallest absolute Gasteiger partial charge is 0.318 e. The monoisotopic (exact) mass is 703 g/mol. The molecule has 0 saturated carbocycles. The molecule has 14 heteroatoms. The second kappa shape index (κ2) is 14.4. The minimum atomic E-state index is -2.50. The fourth-order valence-electron chi connectivity index (χ4n) is 7.41. The summed E-state index contributed by atoms with van der Waals surface area (Å²) in [5.41, 5.74) is 8.20. The third-order valence-electron chi connectivity index (χ3n) is 10.2. The normalized spacial score (nSPS) is 26.2. The lowest BCUT2D eigenvalue weighted by molar-refractivity contribution is -0.124. The number of halogens is 4. The number of amides is 1. The molecule has 3 atom stereocenters. The molecule has 4 aliphatic rings. The highest BCUT2D eigenvalue weighted by atomic mass is 35.5. The lowest BCUT2D eigenvalue weighted by Gasteiger charge is -2.37. The summed E-state index contributed by atoms with van der Waals surface area (Å²) >= 11 is 6.68. The molecule has 0 radical (unpaired) electrons. The molecule has 0 bridgehead atoms. The lowest BCUT2D eigenvalue weighted by atomic mass is 9.88. The van der Waals surface area contributed by atoms with Crippen molar-refractivity contribution in [2.45, 2.75) is 82.2 Å². The maximum atomic E-state index is 14.5. The van der Waals surface area contributed by atoms with Gasteiger partial charge in [-0.3, -0.25) is 14.7 Å². The Morgan fingerprint density at radius 2 is 1.98 bits per heavy atom. The van der Waals surface area contributed by atoms with Crippen LogP contribution in [-0.2, 0) is 29.0 Å². The first-order valence-electron chi connectivity index (χ1n) is 16.9.